The molecule has 2 heterocycles. The fraction of sp³-hybridized carbons (Fsp3) is 0.450. The Balaban J connectivity index is -0.000000497. The Hall–Kier alpha value is -1.77. The number of hydrogen-bond acceptors (Lipinski definition) is 14. The summed E-state index contributed by atoms with van der Waals surface area (Å²) in [5.41, 5.74) is 3.71. The molecule has 0 saturated carbocycles. The van der Waals surface area contributed by atoms with Crippen LogP contribution in [0.5, 0.6) is 0 Å². The van der Waals surface area contributed by atoms with E-state index in [4.69, 9.17) is 37.3 Å². The first-order valence-corrected chi connectivity index (χ1v) is 12.9. The minimum atomic E-state index is -4.94. The van der Waals surface area contributed by atoms with Gasteiger partial charge < -0.3 is 19.7 Å². The van der Waals surface area contributed by atoms with Gasteiger partial charge in [0.15, 0.2) is 0 Å². The molecule has 2 aromatic rings. The molecule has 16 nitrogen and oxygen atoms in total. The number of amides is 1. The predicted molar refractivity (Wildman–Crippen MR) is 115 cm³/mol. The Kier molecular flexibility index (Phi) is 24.6. The fourth-order valence-corrected chi connectivity index (χ4v) is 2.00. The van der Waals surface area contributed by atoms with Crippen LogP contribution in [0.4, 0.5) is 0 Å². The molecule has 39 heavy (non-hydrogen) atoms. The molecule has 0 unspecified atom stereocenters. The van der Waals surface area contributed by atoms with Gasteiger partial charge >= 0.3 is 17.1 Å². The van der Waals surface area contributed by atoms with Crippen LogP contribution in [-0.2, 0) is 17.1 Å². The number of H-pyrrole nitrogens is 1. The first-order chi connectivity index (χ1) is 17.4. The number of aromatic amines is 1. The number of hydrogen-bond donors (Lipinski definition) is 2. The van der Waals surface area contributed by atoms with Crippen LogP contribution >= 0.6 is 0 Å². The number of carbonyl (C=O) groups excluding carboxylic acids is 1. The van der Waals surface area contributed by atoms with Gasteiger partial charge in [0.25, 0.3) is 5.91 Å². The van der Waals surface area contributed by atoms with E-state index in [2.05, 4.69) is 70.4 Å². The zero-order chi connectivity index (χ0) is 29.8. The number of rotatable bonds is 9. The zero-order valence-electron chi connectivity index (χ0n) is 21.9. The maximum absolute atomic E-state index is 11.5. The van der Waals surface area contributed by atoms with Gasteiger partial charge in [0.05, 0.1) is 17.5 Å². The molecular formula is C20H33Cl2CuN7O9. The smallest absolute Gasteiger partial charge is 0.360 e. The topological polar surface area (TPSA) is 264 Å². The Morgan fingerprint density at radius 1 is 0.897 bits per heavy atom. The summed E-state index contributed by atoms with van der Waals surface area (Å²) in [6.45, 7) is 4.59. The standard InChI is InChI=1S/C11H10N4O.C9H23N3.2ClHO4.Cu/c16-11(9-3-1-5-12-7-9)15-14-8-10-4-2-6-13-10;1-10(2)6-8-12(5)9-7-11(3)4;2*2-1(3,4)5;/h1-8,13H,(H,15,16);6-9H2,1-5H3;2*(H,2,3,4,5);/q;;;;+2/p-2/b14-8-;;;;. The van der Waals surface area contributed by atoms with Crippen LogP contribution in [0.1, 0.15) is 16.1 Å². The third kappa shape index (κ3) is 38.4. The Bertz CT molecular complexity index is 835. The van der Waals surface area contributed by atoms with Crippen molar-refractivity contribution in [1.82, 2.24) is 30.1 Å². The number of halogens is 2. The molecule has 2 rings (SSSR count). The summed E-state index contributed by atoms with van der Waals surface area (Å²) in [5.74, 6) is -0.282. The van der Waals surface area contributed by atoms with Crippen LogP contribution in [0.3, 0.4) is 0 Å². The van der Waals surface area contributed by atoms with Crippen molar-refractivity contribution in [3.63, 3.8) is 0 Å². The monoisotopic (exact) mass is 648 g/mol. The maximum Gasteiger partial charge on any atom is 2.00 e. The van der Waals surface area contributed by atoms with Gasteiger partial charge in [0, 0.05) is 44.8 Å². The predicted octanol–water partition coefficient (Wildman–Crippen LogP) is -8.30. The van der Waals surface area contributed by atoms with Crippen LogP contribution in [0.25, 0.3) is 0 Å². The summed E-state index contributed by atoms with van der Waals surface area (Å²) in [6.07, 6.45) is 6.41. The van der Waals surface area contributed by atoms with E-state index in [-0.39, 0.29) is 23.0 Å². The normalized spacial score (nSPS) is 11.1. The molecule has 0 spiro atoms. The first kappa shape index (κ1) is 41.7. The molecule has 0 fully saturated rings. The molecule has 227 valence electrons. The maximum atomic E-state index is 11.5. The van der Waals surface area contributed by atoms with E-state index in [1.165, 1.54) is 12.4 Å². The van der Waals surface area contributed by atoms with E-state index in [9.17, 15) is 4.79 Å². The average molecular weight is 650 g/mol. The van der Waals surface area contributed by atoms with Crippen LogP contribution in [0.2, 0.25) is 0 Å². The van der Waals surface area contributed by atoms with Crippen molar-refractivity contribution < 1.29 is 79.6 Å². The third-order valence-electron chi connectivity index (χ3n) is 3.77. The van der Waals surface area contributed by atoms with E-state index in [0.717, 1.165) is 31.9 Å². The Morgan fingerprint density at radius 3 is 1.74 bits per heavy atom. The molecule has 0 aliphatic rings. The van der Waals surface area contributed by atoms with Gasteiger partial charge in [-0.2, -0.15) is 5.10 Å². The van der Waals surface area contributed by atoms with Gasteiger partial charge in [0.1, 0.15) is 0 Å². The van der Waals surface area contributed by atoms with Gasteiger partial charge in [-0.05, 0) is 59.5 Å². The minimum absolute atomic E-state index is 0. The van der Waals surface area contributed by atoms with Crippen molar-refractivity contribution in [2.24, 2.45) is 5.10 Å². The van der Waals surface area contributed by atoms with E-state index >= 15 is 0 Å². The van der Waals surface area contributed by atoms with Crippen molar-refractivity contribution in [1.29, 1.82) is 0 Å². The van der Waals surface area contributed by atoms with Crippen molar-refractivity contribution in [3.8, 4) is 0 Å². The Labute approximate surface area is 242 Å². The second-order valence-electron chi connectivity index (χ2n) is 7.73. The van der Waals surface area contributed by atoms with Crippen molar-refractivity contribution in [2.45, 2.75) is 0 Å². The second-order valence-corrected chi connectivity index (χ2v) is 9.24. The number of aromatic nitrogens is 2. The van der Waals surface area contributed by atoms with E-state index < -0.39 is 20.5 Å². The molecule has 0 bridgehead atoms. The number of hydrazone groups is 1. The number of nitrogens with one attached hydrogen (secondary N) is 2. The second kappa shape index (κ2) is 23.0. The van der Waals surface area contributed by atoms with Gasteiger partial charge in [-0.1, -0.05) is 0 Å². The summed E-state index contributed by atoms with van der Waals surface area (Å²) < 4.78 is 67.9. The van der Waals surface area contributed by atoms with Crippen LogP contribution in [0.15, 0.2) is 48.0 Å². The molecule has 2 aromatic heterocycles. The summed E-state index contributed by atoms with van der Waals surface area (Å²) in [7, 11) is 0.728. The van der Waals surface area contributed by atoms with Gasteiger partial charge in [-0.25, -0.2) is 42.7 Å². The number of nitrogens with zero attached hydrogens (tertiary/aromatic N) is 5. The summed E-state index contributed by atoms with van der Waals surface area (Å²) in [4.78, 5) is 25.1. The molecule has 1 amide bonds. The molecular weight excluding hydrogens is 617 g/mol. The number of carbonyl (C=O) groups is 1. The number of pyridine rings is 1. The third-order valence-corrected chi connectivity index (χ3v) is 3.77. The van der Waals surface area contributed by atoms with E-state index in [1.54, 1.807) is 24.5 Å². The minimum Gasteiger partial charge on any atom is -0.360 e. The van der Waals surface area contributed by atoms with Crippen molar-refractivity contribution in [2.75, 3.05) is 61.4 Å². The van der Waals surface area contributed by atoms with Crippen molar-refractivity contribution >= 4 is 12.1 Å². The summed E-state index contributed by atoms with van der Waals surface area (Å²) in [6, 6.07) is 7.07. The molecule has 2 N–H and O–H groups in total. The Morgan fingerprint density at radius 2 is 1.38 bits per heavy atom. The molecule has 0 aromatic carbocycles. The van der Waals surface area contributed by atoms with Gasteiger partial charge in [0.2, 0.25) is 0 Å². The zero-order valence-corrected chi connectivity index (χ0v) is 24.4. The van der Waals surface area contributed by atoms with Crippen LogP contribution < -0.4 is 42.7 Å². The number of likely N-dealkylation sites (N-methyl/N-ethyl adjacent to an activating group) is 3. The molecule has 19 heteroatoms. The molecule has 0 aliphatic carbocycles. The average Bonchev–Trinajstić information content (AvgIpc) is 3.28. The molecule has 0 atom stereocenters. The first-order valence-electron chi connectivity index (χ1n) is 10.5. The largest absolute Gasteiger partial charge is 2.00 e. The fourth-order valence-electron chi connectivity index (χ4n) is 2.00. The van der Waals surface area contributed by atoms with E-state index in [1.807, 2.05) is 12.1 Å². The SMILES string of the molecule is CN(C)CCN(C)CCN(C)C.O=C(N/N=C\c1ccc[nH]1)c1cccnc1.[Cu+2].[O-][Cl+3]([O-])([O-])[O-].[O-][Cl+3]([O-])([O-])[O-]. The van der Waals surface area contributed by atoms with Crippen LogP contribution in [-0.4, -0.2) is 98.2 Å². The van der Waals surface area contributed by atoms with Gasteiger partial charge in [-0.3, -0.25) is 9.78 Å². The summed E-state index contributed by atoms with van der Waals surface area (Å²) in [5, 5.41) is 3.81. The molecule has 0 aliphatic heterocycles. The molecule has 0 saturated heterocycles. The van der Waals surface area contributed by atoms with E-state index in [0.29, 0.717) is 5.56 Å². The quantitative estimate of drug-likeness (QED) is 0.145. The van der Waals surface area contributed by atoms with Gasteiger partial charge in [-0.15, -0.1) is 20.5 Å². The summed E-state index contributed by atoms with van der Waals surface area (Å²) >= 11 is 0. The van der Waals surface area contributed by atoms with Crippen molar-refractivity contribution in [3.05, 3.63) is 54.1 Å². The van der Waals surface area contributed by atoms with Crippen LogP contribution in [0, 0.1) is 20.5 Å². The molecule has 1 radical (unpaired) electrons.